The van der Waals surface area contributed by atoms with Gasteiger partial charge in [-0.1, -0.05) is 26.0 Å². The van der Waals surface area contributed by atoms with Crippen molar-refractivity contribution < 1.29 is 28.4 Å². The Bertz CT molecular complexity index is 1350. The third-order valence-electron chi connectivity index (χ3n) is 5.55. The molecular formula is C25H24N4O7. The molecule has 2 amide bonds. The normalized spacial score (nSPS) is 13.1. The number of hydrogen-bond acceptors (Lipinski definition) is 8. The summed E-state index contributed by atoms with van der Waals surface area (Å²) in [5, 5.41) is 17.8. The number of carbonyl (C=O) groups is 2. The molecule has 0 saturated carbocycles. The van der Waals surface area contributed by atoms with Crippen LogP contribution in [0.25, 0.3) is 11.3 Å². The zero-order valence-corrected chi connectivity index (χ0v) is 19.8. The lowest BCUT2D eigenvalue weighted by molar-refractivity contribution is -0.385. The van der Waals surface area contributed by atoms with Crippen LogP contribution in [0.2, 0.25) is 0 Å². The Morgan fingerprint density at radius 2 is 1.86 bits per heavy atom. The summed E-state index contributed by atoms with van der Waals surface area (Å²) in [5.74, 6) is 0.619. The van der Waals surface area contributed by atoms with Gasteiger partial charge in [0.15, 0.2) is 11.5 Å². The van der Waals surface area contributed by atoms with Gasteiger partial charge in [-0.05, 0) is 43.2 Å². The molecular weight excluding hydrogens is 468 g/mol. The molecule has 0 unspecified atom stereocenters. The maximum absolute atomic E-state index is 12.7. The molecule has 2 heterocycles. The molecule has 1 aromatic heterocycles. The molecule has 2 N–H and O–H groups in total. The number of nitro benzene ring substituents is 1. The van der Waals surface area contributed by atoms with Crippen LogP contribution in [-0.4, -0.2) is 35.8 Å². The minimum absolute atomic E-state index is 0.00565. The fraction of sp³-hybridized carbons (Fsp3) is 0.240. The predicted octanol–water partition coefficient (Wildman–Crippen LogP) is 3.80. The molecule has 0 spiro atoms. The van der Waals surface area contributed by atoms with Crippen molar-refractivity contribution >= 4 is 23.7 Å². The van der Waals surface area contributed by atoms with Crippen LogP contribution in [0.15, 0.2) is 58.0 Å². The lowest BCUT2D eigenvalue weighted by Crippen LogP contribution is -2.48. The van der Waals surface area contributed by atoms with Gasteiger partial charge in [-0.25, -0.2) is 5.43 Å². The van der Waals surface area contributed by atoms with Crippen molar-refractivity contribution in [3.8, 4) is 22.8 Å². The lowest BCUT2D eigenvalue weighted by atomic mass is 10.0. The molecule has 11 nitrogen and oxygen atoms in total. The van der Waals surface area contributed by atoms with E-state index in [1.54, 1.807) is 63.2 Å². The Labute approximate surface area is 206 Å². The van der Waals surface area contributed by atoms with Crippen LogP contribution in [0.5, 0.6) is 11.5 Å². The van der Waals surface area contributed by atoms with Crippen LogP contribution in [0.3, 0.4) is 0 Å². The summed E-state index contributed by atoms with van der Waals surface area (Å²) in [6.45, 7) is 5.35. The number of rotatable bonds is 8. The summed E-state index contributed by atoms with van der Waals surface area (Å²) in [6.07, 6.45) is 1.31. The maximum Gasteiger partial charge on any atom is 0.273 e. The van der Waals surface area contributed by atoms with Gasteiger partial charge in [0, 0.05) is 22.8 Å². The Kier molecular flexibility index (Phi) is 7.00. The van der Waals surface area contributed by atoms with Gasteiger partial charge in [0.1, 0.15) is 17.6 Å². The molecule has 3 aromatic rings. The maximum atomic E-state index is 12.7. The van der Waals surface area contributed by atoms with E-state index in [1.165, 1.54) is 12.3 Å². The van der Waals surface area contributed by atoms with Gasteiger partial charge in [-0.15, -0.1) is 0 Å². The number of furan rings is 1. The average Bonchev–Trinajstić information content (AvgIpc) is 3.51. The minimum Gasteiger partial charge on any atom is -0.455 e. The van der Waals surface area contributed by atoms with E-state index in [9.17, 15) is 19.7 Å². The number of nitro groups is 1. The van der Waals surface area contributed by atoms with Crippen LogP contribution in [-0.2, 0) is 4.79 Å². The number of amides is 2. The molecule has 0 fully saturated rings. The fourth-order valence-electron chi connectivity index (χ4n) is 3.56. The van der Waals surface area contributed by atoms with E-state index in [0.29, 0.717) is 39.7 Å². The number of ether oxygens (including phenoxy) is 2. The quantitative estimate of drug-likeness (QED) is 0.276. The van der Waals surface area contributed by atoms with Gasteiger partial charge in [0.05, 0.1) is 11.1 Å². The van der Waals surface area contributed by atoms with E-state index >= 15 is 0 Å². The van der Waals surface area contributed by atoms with Crippen molar-refractivity contribution in [2.75, 3.05) is 6.79 Å². The second-order valence-electron chi connectivity index (χ2n) is 8.46. The first-order chi connectivity index (χ1) is 17.2. The largest absolute Gasteiger partial charge is 0.455 e. The van der Waals surface area contributed by atoms with E-state index in [1.807, 2.05) is 0 Å². The molecule has 0 radical (unpaired) electrons. The number of hydrazone groups is 1. The number of carbonyl (C=O) groups excluding carboxylic acids is 2. The van der Waals surface area contributed by atoms with E-state index in [-0.39, 0.29) is 18.4 Å². The molecule has 11 heteroatoms. The van der Waals surface area contributed by atoms with Crippen molar-refractivity contribution in [3.63, 3.8) is 0 Å². The van der Waals surface area contributed by atoms with Gasteiger partial charge in [0.25, 0.3) is 17.5 Å². The number of nitrogens with one attached hydrogen (secondary N) is 2. The predicted molar refractivity (Wildman–Crippen MR) is 130 cm³/mol. The second-order valence-corrected chi connectivity index (χ2v) is 8.46. The van der Waals surface area contributed by atoms with Crippen molar-refractivity contribution in [3.05, 3.63) is 75.5 Å². The molecule has 4 rings (SSSR count). The highest BCUT2D eigenvalue weighted by molar-refractivity contribution is 5.98. The summed E-state index contributed by atoms with van der Waals surface area (Å²) in [4.78, 5) is 36.1. The summed E-state index contributed by atoms with van der Waals surface area (Å²) < 4.78 is 16.2. The number of hydrogen-bond donors (Lipinski definition) is 2. The first-order valence-electron chi connectivity index (χ1n) is 11.1. The smallest absolute Gasteiger partial charge is 0.273 e. The molecule has 0 saturated heterocycles. The summed E-state index contributed by atoms with van der Waals surface area (Å²) in [6, 6.07) is 12.0. The summed E-state index contributed by atoms with van der Waals surface area (Å²) in [7, 11) is 0. The van der Waals surface area contributed by atoms with Crippen LogP contribution in [0, 0.1) is 23.0 Å². The Morgan fingerprint density at radius 1 is 1.08 bits per heavy atom. The highest BCUT2D eigenvalue weighted by atomic mass is 16.7. The van der Waals surface area contributed by atoms with Crippen LogP contribution >= 0.6 is 0 Å². The van der Waals surface area contributed by atoms with Gasteiger partial charge in [0.2, 0.25) is 6.79 Å². The molecule has 186 valence electrons. The molecule has 36 heavy (non-hydrogen) atoms. The highest BCUT2D eigenvalue weighted by Crippen LogP contribution is 2.32. The Balaban J connectivity index is 1.39. The highest BCUT2D eigenvalue weighted by Gasteiger charge is 2.25. The van der Waals surface area contributed by atoms with Crippen LogP contribution in [0.1, 0.15) is 35.5 Å². The average molecular weight is 492 g/mol. The van der Waals surface area contributed by atoms with Crippen molar-refractivity contribution in [2.24, 2.45) is 11.0 Å². The van der Waals surface area contributed by atoms with Gasteiger partial charge in [-0.3, -0.25) is 19.7 Å². The van der Waals surface area contributed by atoms with Gasteiger partial charge in [-0.2, -0.15) is 5.10 Å². The van der Waals surface area contributed by atoms with E-state index < -0.39 is 22.8 Å². The lowest BCUT2D eigenvalue weighted by Gasteiger charge is -2.20. The van der Waals surface area contributed by atoms with Crippen molar-refractivity contribution in [2.45, 2.75) is 26.8 Å². The van der Waals surface area contributed by atoms with E-state index in [2.05, 4.69) is 15.8 Å². The number of fused-ring (bicyclic) bond motifs is 1. The minimum atomic E-state index is -0.847. The molecule has 0 aliphatic carbocycles. The zero-order valence-electron chi connectivity index (χ0n) is 19.8. The van der Waals surface area contributed by atoms with Crippen molar-refractivity contribution in [1.82, 2.24) is 10.7 Å². The third kappa shape index (κ3) is 5.35. The molecule has 1 aliphatic heterocycles. The van der Waals surface area contributed by atoms with E-state index in [4.69, 9.17) is 13.9 Å². The van der Waals surface area contributed by atoms with Crippen LogP contribution in [0.4, 0.5) is 5.69 Å². The fourth-order valence-corrected chi connectivity index (χ4v) is 3.56. The first kappa shape index (κ1) is 24.5. The van der Waals surface area contributed by atoms with Gasteiger partial charge >= 0.3 is 0 Å². The zero-order chi connectivity index (χ0) is 25.8. The topological polar surface area (TPSA) is 145 Å². The van der Waals surface area contributed by atoms with E-state index in [0.717, 1.165) is 0 Å². The Hall–Kier alpha value is -4.67. The van der Waals surface area contributed by atoms with Crippen molar-refractivity contribution in [1.29, 1.82) is 0 Å². The first-order valence-corrected chi connectivity index (χ1v) is 11.1. The van der Waals surface area contributed by atoms with Gasteiger partial charge < -0.3 is 19.2 Å². The SMILES string of the molecule is Cc1ccc(-c2ccc(/C=N\NC(=O)[C@@H](NC(=O)c3ccc4c(c3)OCO4)C(C)C)o2)cc1[N+](=O)[O-]. The standard InChI is InChI=1S/C25H24N4O7/c1-14(2)23(27-24(30)17-6-8-21-22(11-17)35-13-34-21)25(31)28-26-12-18-7-9-20(36-18)16-5-4-15(3)19(10-16)29(32)33/h4-12,14,23H,13H2,1-3H3,(H,27,30)(H,28,31)/b26-12-/t23-/m0/s1. The number of aryl methyl sites for hydroxylation is 1. The molecule has 0 bridgehead atoms. The second kappa shape index (κ2) is 10.3. The summed E-state index contributed by atoms with van der Waals surface area (Å²) >= 11 is 0. The monoisotopic (exact) mass is 492 g/mol. The molecule has 1 aliphatic rings. The Morgan fingerprint density at radius 3 is 2.61 bits per heavy atom. The van der Waals surface area contributed by atoms with Crippen LogP contribution < -0.4 is 20.2 Å². The molecule has 1 atom stereocenters. The molecule has 2 aromatic carbocycles. The number of nitrogens with zero attached hydrogens (tertiary/aromatic N) is 2. The number of benzene rings is 2. The summed E-state index contributed by atoms with van der Waals surface area (Å²) in [5.41, 5.74) is 3.83. The third-order valence-corrected chi connectivity index (χ3v) is 5.55.